The van der Waals surface area contributed by atoms with Crippen LogP contribution in [-0.2, 0) is 27.3 Å². The summed E-state index contributed by atoms with van der Waals surface area (Å²) in [4.78, 5) is 41.3. The molecule has 4 rings (SSSR count). The topological polar surface area (TPSA) is 90.7 Å². The molecule has 2 bridgehead atoms. The molecule has 1 aromatic carbocycles. The summed E-state index contributed by atoms with van der Waals surface area (Å²) in [5.41, 5.74) is 2.22. The Labute approximate surface area is 245 Å². The highest BCUT2D eigenvalue weighted by molar-refractivity contribution is 6.06. The molecule has 1 fully saturated rings. The Morgan fingerprint density at radius 1 is 1.05 bits per heavy atom. The number of carbonyl (C=O) groups excluding carboxylic acids is 3. The highest BCUT2D eigenvalue weighted by Gasteiger charge is 2.41. The maximum atomic E-state index is 13.8. The minimum atomic E-state index is -0.567. The van der Waals surface area contributed by atoms with E-state index in [9.17, 15) is 14.4 Å². The summed E-state index contributed by atoms with van der Waals surface area (Å²) >= 11 is 0. The average Bonchev–Trinajstić information content (AvgIpc) is 3.53. The Morgan fingerprint density at radius 2 is 1.73 bits per heavy atom. The van der Waals surface area contributed by atoms with Gasteiger partial charge >= 0.3 is 0 Å². The van der Waals surface area contributed by atoms with Crippen molar-refractivity contribution in [3.63, 3.8) is 0 Å². The number of carbonyl (C=O) groups is 3. The van der Waals surface area contributed by atoms with E-state index in [4.69, 9.17) is 9.47 Å². The minimum Gasteiger partial charge on any atom is -0.493 e. The largest absolute Gasteiger partial charge is 0.493 e. The van der Waals surface area contributed by atoms with Crippen LogP contribution in [0.1, 0.15) is 114 Å². The Bertz CT molecular complexity index is 1200. The first-order chi connectivity index (χ1) is 19.8. The molecule has 1 aromatic heterocycles. The number of Topliss-reactive ketones (excluding diaryl/α,β-unsaturated/α-hetero) is 2. The molecule has 41 heavy (non-hydrogen) atoms. The molecule has 3 heterocycles. The van der Waals surface area contributed by atoms with Crippen LogP contribution in [0.4, 0.5) is 0 Å². The number of hydrogen-bond donors (Lipinski definition) is 0. The number of rotatable bonds is 6. The third-order valence-electron chi connectivity index (χ3n) is 8.36. The van der Waals surface area contributed by atoms with E-state index in [1.807, 2.05) is 13.0 Å². The van der Waals surface area contributed by atoms with Crippen molar-refractivity contribution in [2.24, 2.45) is 5.92 Å². The Morgan fingerprint density at radius 3 is 2.39 bits per heavy atom. The smallest absolute Gasteiger partial charge is 0.245 e. The first-order valence-corrected chi connectivity index (χ1v) is 15.9. The van der Waals surface area contributed by atoms with Gasteiger partial charge in [0.25, 0.3) is 0 Å². The van der Waals surface area contributed by atoms with Crippen molar-refractivity contribution in [2.45, 2.75) is 123 Å². The van der Waals surface area contributed by atoms with Crippen LogP contribution >= 0.6 is 0 Å². The molecule has 226 valence electrons. The van der Waals surface area contributed by atoms with Crippen molar-refractivity contribution < 1.29 is 23.9 Å². The summed E-state index contributed by atoms with van der Waals surface area (Å²) < 4.78 is 14.0. The van der Waals surface area contributed by atoms with Gasteiger partial charge in [0.1, 0.15) is 24.0 Å². The van der Waals surface area contributed by atoms with Gasteiger partial charge in [-0.1, -0.05) is 65.7 Å². The van der Waals surface area contributed by atoms with E-state index >= 15 is 0 Å². The molecule has 2 aromatic rings. The molecular weight excluding hydrogens is 518 g/mol. The van der Waals surface area contributed by atoms with Crippen LogP contribution in [0.3, 0.4) is 0 Å². The zero-order valence-electron chi connectivity index (χ0n) is 25.6. The van der Waals surface area contributed by atoms with Gasteiger partial charge in [0.2, 0.25) is 5.91 Å². The molecule has 0 spiro atoms. The van der Waals surface area contributed by atoms with Crippen LogP contribution in [0.15, 0.2) is 12.1 Å². The van der Waals surface area contributed by atoms with Gasteiger partial charge in [-0.2, -0.15) is 5.10 Å². The predicted octanol–water partition coefficient (Wildman–Crippen LogP) is 6.31. The lowest BCUT2D eigenvalue weighted by molar-refractivity contribution is -0.141. The zero-order valence-corrected chi connectivity index (χ0v) is 25.6. The van der Waals surface area contributed by atoms with E-state index in [1.54, 1.807) is 9.58 Å². The summed E-state index contributed by atoms with van der Waals surface area (Å²) in [6.07, 6.45) is 12.0. The van der Waals surface area contributed by atoms with Gasteiger partial charge in [0.05, 0.1) is 18.2 Å². The molecule has 2 aliphatic rings. The van der Waals surface area contributed by atoms with Gasteiger partial charge in [-0.3, -0.25) is 19.1 Å². The minimum absolute atomic E-state index is 0.0246. The molecule has 1 amide bonds. The van der Waals surface area contributed by atoms with Gasteiger partial charge in [-0.25, -0.2) is 0 Å². The molecule has 8 heteroatoms. The quantitative estimate of drug-likeness (QED) is 0.380. The molecular formula is C33H49N3O5. The van der Waals surface area contributed by atoms with Crippen molar-refractivity contribution in [1.82, 2.24) is 14.7 Å². The van der Waals surface area contributed by atoms with Crippen molar-refractivity contribution in [3.05, 3.63) is 23.4 Å². The summed E-state index contributed by atoms with van der Waals surface area (Å²) in [7, 11) is 0. The molecule has 0 radical (unpaired) electrons. The Hall–Kier alpha value is -2.74. The SMILES string of the molecule is CCC(=O)[C@@H]1[C@H]2CCN1C(=O)Cn1nc(C(C)=O)c3cc(OCC(C)C)cc(c31)CCCCCCCCCCCO2. The van der Waals surface area contributed by atoms with Crippen molar-refractivity contribution in [3.8, 4) is 5.75 Å². The summed E-state index contributed by atoms with van der Waals surface area (Å²) in [5.74, 6) is 0.826. The van der Waals surface area contributed by atoms with Gasteiger partial charge in [-0.05, 0) is 49.3 Å². The highest BCUT2D eigenvalue weighted by atomic mass is 16.5. The van der Waals surface area contributed by atoms with Crippen molar-refractivity contribution in [2.75, 3.05) is 19.8 Å². The van der Waals surface area contributed by atoms with Crippen LogP contribution in [-0.4, -0.2) is 64.1 Å². The second-order valence-corrected chi connectivity index (χ2v) is 12.2. The highest BCUT2D eigenvalue weighted by Crippen LogP contribution is 2.31. The summed E-state index contributed by atoms with van der Waals surface area (Å²) in [5, 5.41) is 5.41. The number of amides is 1. The standard InChI is InChI=1S/C33H49N3O5/c1-5-28(38)33-29-16-17-35(33)30(39)21-36-32-25(15-13-11-9-7-6-8-10-12-14-18-40-29)19-26(41-22-23(2)3)20-27(32)31(34-36)24(4)37/h19-20,23,29,33H,5-18,21-22H2,1-4H3/t29-,33-/m1/s1. The number of hydrogen-bond acceptors (Lipinski definition) is 6. The van der Waals surface area contributed by atoms with Crippen LogP contribution < -0.4 is 4.74 Å². The van der Waals surface area contributed by atoms with Crippen LogP contribution in [0.2, 0.25) is 0 Å². The lowest BCUT2D eigenvalue weighted by Gasteiger charge is -2.27. The van der Waals surface area contributed by atoms with E-state index in [0.717, 1.165) is 54.3 Å². The fourth-order valence-corrected chi connectivity index (χ4v) is 6.20. The second-order valence-electron chi connectivity index (χ2n) is 12.2. The molecule has 2 aliphatic heterocycles. The van der Waals surface area contributed by atoms with E-state index in [0.29, 0.717) is 44.2 Å². The number of fused-ring (bicyclic) bond motifs is 2. The summed E-state index contributed by atoms with van der Waals surface area (Å²) in [6, 6.07) is 3.39. The number of ether oxygens (including phenoxy) is 2. The van der Waals surface area contributed by atoms with Gasteiger partial charge in [0, 0.05) is 31.9 Å². The zero-order chi connectivity index (χ0) is 29.4. The molecule has 0 saturated carbocycles. The number of aromatic nitrogens is 2. The fourth-order valence-electron chi connectivity index (χ4n) is 6.20. The molecule has 2 atom stereocenters. The number of nitrogens with zero attached hydrogens (tertiary/aromatic N) is 3. The van der Waals surface area contributed by atoms with Crippen LogP contribution in [0.5, 0.6) is 5.75 Å². The molecule has 1 saturated heterocycles. The lowest BCUT2D eigenvalue weighted by Crippen LogP contribution is -2.47. The maximum absolute atomic E-state index is 13.8. The van der Waals surface area contributed by atoms with Gasteiger partial charge < -0.3 is 14.4 Å². The van der Waals surface area contributed by atoms with Crippen LogP contribution in [0, 0.1) is 5.92 Å². The van der Waals surface area contributed by atoms with Gasteiger partial charge in [-0.15, -0.1) is 0 Å². The second kappa shape index (κ2) is 14.9. The van der Waals surface area contributed by atoms with E-state index in [1.165, 1.54) is 39.0 Å². The number of ketones is 2. The molecule has 0 aliphatic carbocycles. The molecule has 0 unspecified atom stereocenters. The summed E-state index contributed by atoms with van der Waals surface area (Å²) in [6.45, 7) is 9.24. The first-order valence-electron chi connectivity index (χ1n) is 15.9. The third kappa shape index (κ3) is 7.97. The Balaban J connectivity index is 1.71. The van der Waals surface area contributed by atoms with Crippen molar-refractivity contribution in [1.29, 1.82) is 0 Å². The van der Waals surface area contributed by atoms with E-state index in [-0.39, 0.29) is 30.1 Å². The molecule has 0 N–H and O–H groups in total. The normalized spacial score (nSPS) is 21.8. The first kappa shape index (κ1) is 31.2. The van der Waals surface area contributed by atoms with Crippen LogP contribution in [0.25, 0.3) is 10.9 Å². The van der Waals surface area contributed by atoms with Crippen molar-refractivity contribution >= 4 is 28.4 Å². The predicted molar refractivity (Wildman–Crippen MR) is 160 cm³/mol. The fraction of sp³-hybridized carbons (Fsp3) is 0.697. The number of aryl methyl sites for hydroxylation is 1. The third-order valence-corrected chi connectivity index (χ3v) is 8.36. The number of benzene rings is 1. The Kier molecular flexibility index (Phi) is 11.4. The lowest BCUT2D eigenvalue weighted by atomic mass is 10.0. The average molecular weight is 568 g/mol. The monoisotopic (exact) mass is 567 g/mol. The van der Waals surface area contributed by atoms with Gasteiger partial charge in [0.15, 0.2) is 11.6 Å². The van der Waals surface area contributed by atoms with E-state index in [2.05, 4.69) is 25.0 Å². The maximum Gasteiger partial charge on any atom is 0.245 e. The van der Waals surface area contributed by atoms with E-state index < -0.39 is 6.04 Å². The molecule has 8 nitrogen and oxygen atoms in total.